The van der Waals surface area contributed by atoms with E-state index in [0.717, 1.165) is 53.5 Å². The van der Waals surface area contributed by atoms with E-state index in [4.69, 9.17) is 4.74 Å². The van der Waals surface area contributed by atoms with Crippen molar-refractivity contribution in [2.75, 3.05) is 19.6 Å². The summed E-state index contributed by atoms with van der Waals surface area (Å²) in [6.07, 6.45) is 6.38. The summed E-state index contributed by atoms with van der Waals surface area (Å²) in [5.41, 5.74) is 3.97. The standard InChI is InChI=1S/C34H40F3N5O3/c1-21-18-23(10-12-29(21)45-25-13-16-42(17-14-25)20-30(43)34(35,36)37)31-26-19-24(9-11-27(26)40-41-31)33(44)39-32(22-6-2-3-7-22)28-8-4-5-15-38-28/h4-5,8-12,15,18-19,21-22,25,29-30,32,43H,2-3,6-7,13-14,16-17,20H2,1H3,(H,39,44)(H,40,41)/t21?,29?,30-,32+/m1/s1. The number of hydrogen-bond acceptors (Lipinski definition) is 6. The number of alkyl halides is 3. The van der Waals surface area contributed by atoms with Crippen molar-refractivity contribution in [1.82, 2.24) is 25.4 Å². The molecule has 45 heavy (non-hydrogen) atoms. The van der Waals surface area contributed by atoms with E-state index in [1.165, 1.54) is 0 Å². The van der Waals surface area contributed by atoms with Gasteiger partial charge in [0.25, 0.3) is 5.91 Å². The highest BCUT2D eigenvalue weighted by molar-refractivity contribution is 6.01. The Morgan fingerprint density at radius 1 is 1.16 bits per heavy atom. The minimum atomic E-state index is -4.61. The molecule has 2 aromatic heterocycles. The van der Waals surface area contributed by atoms with Crippen molar-refractivity contribution in [3.8, 4) is 0 Å². The number of carbonyl (C=O) groups is 1. The minimum absolute atomic E-state index is 0.0406. The number of aromatic amines is 1. The molecule has 0 bridgehead atoms. The number of aromatic nitrogens is 3. The lowest BCUT2D eigenvalue weighted by Gasteiger charge is -2.35. The van der Waals surface area contributed by atoms with E-state index in [2.05, 4.69) is 33.5 Å². The third-order valence-electron chi connectivity index (χ3n) is 9.38. The van der Waals surface area contributed by atoms with Crippen molar-refractivity contribution in [3.05, 3.63) is 77.8 Å². The molecule has 0 spiro atoms. The Morgan fingerprint density at radius 2 is 1.93 bits per heavy atom. The van der Waals surface area contributed by atoms with Crippen molar-refractivity contribution < 1.29 is 27.8 Å². The molecule has 8 nitrogen and oxygen atoms in total. The number of piperidine rings is 1. The molecule has 3 aromatic rings. The van der Waals surface area contributed by atoms with Crippen molar-refractivity contribution in [2.24, 2.45) is 11.8 Å². The fraction of sp³-hybridized carbons (Fsp3) is 0.500. The van der Waals surface area contributed by atoms with Gasteiger partial charge < -0.3 is 20.1 Å². The van der Waals surface area contributed by atoms with E-state index in [0.29, 0.717) is 37.4 Å². The summed E-state index contributed by atoms with van der Waals surface area (Å²) >= 11 is 0. The molecular formula is C34H40F3N5O3. The van der Waals surface area contributed by atoms with E-state index in [-0.39, 0.29) is 30.1 Å². The smallest absolute Gasteiger partial charge is 0.382 e. The van der Waals surface area contributed by atoms with Crippen LogP contribution in [-0.4, -0.2) is 75.2 Å². The molecule has 1 saturated heterocycles. The highest BCUT2D eigenvalue weighted by Crippen LogP contribution is 2.36. The first-order chi connectivity index (χ1) is 21.7. The summed E-state index contributed by atoms with van der Waals surface area (Å²) in [4.78, 5) is 19.8. The Morgan fingerprint density at radius 3 is 2.62 bits per heavy atom. The van der Waals surface area contributed by atoms with Crippen molar-refractivity contribution in [3.63, 3.8) is 0 Å². The van der Waals surface area contributed by atoms with Gasteiger partial charge in [0.05, 0.1) is 35.2 Å². The van der Waals surface area contributed by atoms with Gasteiger partial charge in [0.1, 0.15) is 0 Å². The van der Waals surface area contributed by atoms with Crippen LogP contribution in [0, 0.1) is 11.8 Å². The summed E-state index contributed by atoms with van der Waals surface area (Å²) in [6, 6.07) is 11.3. The molecule has 2 fully saturated rings. The van der Waals surface area contributed by atoms with Gasteiger partial charge in [-0.25, -0.2) is 0 Å². The maximum absolute atomic E-state index is 13.6. The van der Waals surface area contributed by atoms with Crippen molar-refractivity contribution in [1.29, 1.82) is 0 Å². The number of amides is 1. The molecule has 3 N–H and O–H groups in total. The Bertz CT molecular complexity index is 1520. The van der Waals surface area contributed by atoms with Crippen LogP contribution in [0.2, 0.25) is 0 Å². The van der Waals surface area contributed by atoms with E-state index in [1.54, 1.807) is 11.1 Å². The summed E-state index contributed by atoms with van der Waals surface area (Å²) in [6.45, 7) is 2.55. The van der Waals surface area contributed by atoms with Crippen LogP contribution >= 0.6 is 0 Å². The zero-order valence-corrected chi connectivity index (χ0v) is 25.3. The maximum Gasteiger partial charge on any atom is 0.415 e. The Kier molecular flexibility index (Phi) is 9.39. The van der Waals surface area contributed by atoms with Gasteiger partial charge in [0.2, 0.25) is 0 Å². The number of hydrogen-bond donors (Lipinski definition) is 3. The number of halogens is 3. The van der Waals surface area contributed by atoms with Gasteiger partial charge >= 0.3 is 6.18 Å². The molecule has 3 heterocycles. The largest absolute Gasteiger partial charge is 0.415 e. The summed E-state index contributed by atoms with van der Waals surface area (Å²) < 4.78 is 44.5. The predicted molar refractivity (Wildman–Crippen MR) is 165 cm³/mol. The molecule has 1 aliphatic heterocycles. The summed E-state index contributed by atoms with van der Waals surface area (Å²) in [5.74, 6) is 0.264. The predicted octanol–water partition coefficient (Wildman–Crippen LogP) is 5.98. The van der Waals surface area contributed by atoms with Crippen LogP contribution in [0.4, 0.5) is 13.2 Å². The average molecular weight is 624 g/mol. The molecule has 1 aromatic carbocycles. The number of ether oxygens (including phenoxy) is 1. The van der Waals surface area contributed by atoms with Crippen LogP contribution < -0.4 is 5.32 Å². The lowest BCUT2D eigenvalue weighted by molar-refractivity contribution is -0.209. The van der Waals surface area contributed by atoms with Gasteiger partial charge in [-0.05, 0) is 67.5 Å². The quantitative estimate of drug-likeness (QED) is 0.271. The van der Waals surface area contributed by atoms with Crippen molar-refractivity contribution in [2.45, 2.75) is 76.0 Å². The first-order valence-corrected chi connectivity index (χ1v) is 15.9. The number of nitrogens with one attached hydrogen (secondary N) is 2. The van der Waals surface area contributed by atoms with Gasteiger partial charge in [-0.2, -0.15) is 18.3 Å². The Balaban J connectivity index is 1.10. The number of aliphatic hydroxyl groups is 1. The fourth-order valence-electron chi connectivity index (χ4n) is 6.82. The number of H-pyrrole nitrogens is 1. The molecule has 6 rings (SSSR count). The van der Waals surface area contributed by atoms with Gasteiger partial charge in [-0.3, -0.25) is 14.9 Å². The number of aliphatic hydroxyl groups excluding tert-OH is 1. The lowest BCUT2D eigenvalue weighted by atomic mass is 9.92. The SMILES string of the molecule is CC1C=C(c2n[nH]c3ccc(C(=O)N[C@H](c4ccccn4)C4CCCC4)cc23)C=CC1OC1CCN(C[C@@H](O)C(F)(F)F)CC1. The van der Waals surface area contributed by atoms with E-state index >= 15 is 0 Å². The number of allylic oxidation sites excluding steroid dienone is 2. The highest BCUT2D eigenvalue weighted by atomic mass is 19.4. The Labute approximate surface area is 260 Å². The molecule has 2 aliphatic carbocycles. The number of nitrogens with zero attached hydrogens (tertiary/aromatic N) is 3. The van der Waals surface area contributed by atoms with Crippen molar-refractivity contribution >= 4 is 22.4 Å². The number of benzene rings is 1. The molecule has 3 aliphatic rings. The molecule has 4 atom stereocenters. The lowest BCUT2D eigenvalue weighted by Crippen LogP contribution is -2.46. The first-order valence-electron chi connectivity index (χ1n) is 15.9. The van der Waals surface area contributed by atoms with E-state index < -0.39 is 18.8 Å². The van der Waals surface area contributed by atoms with Crippen LogP contribution in [0.3, 0.4) is 0 Å². The number of rotatable bonds is 9. The minimum Gasteiger partial charge on any atom is -0.382 e. The van der Waals surface area contributed by atoms with Crippen LogP contribution in [0.25, 0.3) is 16.5 Å². The monoisotopic (exact) mass is 623 g/mol. The zero-order valence-electron chi connectivity index (χ0n) is 25.3. The number of β-amino-alcohol motifs (C(OH)–C–C–N with tert-alkyl or cyclic N) is 1. The van der Waals surface area contributed by atoms with Gasteiger partial charge in [-0.1, -0.05) is 44.1 Å². The Hall–Kier alpha value is -3.54. The van der Waals surface area contributed by atoms with Crippen LogP contribution in [0.15, 0.2) is 60.8 Å². The topological polar surface area (TPSA) is 103 Å². The maximum atomic E-state index is 13.6. The molecule has 1 amide bonds. The first kappa shape index (κ1) is 31.4. The third kappa shape index (κ3) is 7.31. The summed E-state index contributed by atoms with van der Waals surface area (Å²) in [5, 5.41) is 21.2. The van der Waals surface area contributed by atoms with Gasteiger partial charge in [-0.15, -0.1) is 0 Å². The van der Waals surface area contributed by atoms with Gasteiger partial charge in [0.15, 0.2) is 6.10 Å². The number of likely N-dealkylation sites (tertiary alicyclic amines) is 1. The molecule has 2 unspecified atom stereocenters. The van der Waals surface area contributed by atoms with E-state index in [1.807, 2.05) is 48.6 Å². The number of carbonyl (C=O) groups excluding carboxylic acids is 1. The zero-order chi connectivity index (χ0) is 31.6. The molecule has 240 valence electrons. The second kappa shape index (κ2) is 13.4. The second-order valence-corrected chi connectivity index (χ2v) is 12.6. The molecule has 1 saturated carbocycles. The number of pyridine rings is 1. The van der Waals surface area contributed by atoms with E-state index in [9.17, 15) is 23.1 Å². The normalized spacial score (nSPS) is 23.3. The number of fused-ring (bicyclic) bond motifs is 1. The fourth-order valence-corrected chi connectivity index (χ4v) is 6.82. The van der Waals surface area contributed by atoms with Gasteiger partial charge in [0, 0.05) is 42.7 Å². The second-order valence-electron chi connectivity index (χ2n) is 12.6. The van der Waals surface area contributed by atoms with Crippen LogP contribution in [0.5, 0.6) is 0 Å². The van der Waals surface area contributed by atoms with Crippen LogP contribution in [-0.2, 0) is 4.74 Å². The summed E-state index contributed by atoms with van der Waals surface area (Å²) in [7, 11) is 0. The van der Waals surface area contributed by atoms with Crippen LogP contribution in [0.1, 0.15) is 73.2 Å². The molecule has 11 heteroatoms. The third-order valence-corrected chi connectivity index (χ3v) is 9.38. The molecule has 0 radical (unpaired) electrons. The molecular weight excluding hydrogens is 583 g/mol. The highest BCUT2D eigenvalue weighted by Gasteiger charge is 2.40. The average Bonchev–Trinajstić information content (AvgIpc) is 3.72.